The highest BCUT2D eigenvalue weighted by molar-refractivity contribution is 6.10. The summed E-state index contributed by atoms with van der Waals surface area (Å²) in [6.07, 6.45) is 9.93. The predicted molar refractivity (Wildman–Crippen MR) is 190 cm³/mol. The largest absolute Gasteiger partial charge is 0.275 e. The number of benzene rings is 1. The molecule has 234 valence electrons. The van der Waals surface area contributed by atoms with E-state index in [4.69, 9.17) is 29.9 Å². The molecule has 12 heteroatoms. The van der Waals surface area contributed by atoms with E-state index in [0.29, 0.717) is 33.9 Å². The van der Waals surface area contributed by atoms with Crippen LogP contribution in [0, 0.1) is 34.0 Å². The Labute approximate surface area is 287 Å². The second-order valence-corrected chi connectivity index (χ2v) is 11.8. The first kappa shape index (κ1) is 28.0. The zero-order valence-electron chi connectivity index (χ0n) is 26.3. The minimum atomic E-state index is 0.0405. The fourth-order valence-corrected chi connectivity index (χ4v) is 7.35. The van der Waals surface area contributed by atoms with Crippen LogP contribution < -0.4 is 0 Å². The SMILES string of the molecule is N#Cc1c(-n2c3ncccc3c3cccnc32)c(C#N)c(-n2c3ncccc3c3cccnc32)c(C#N)c1-n1c2ncccc2c2cccnc21. The lowest BCUT2D eigenvalue weighted by Gasteiger charge is -2.21. The number of pyridine rings is 6. The Morgan fingerprint density at radius 3 is 0.706 bits per heavy atom. The summed E-state index contributed by atoms with van der Waals surface area (Å²) >= 11 is 0. The summed E-state index contributed by atoms with van der Waals surface area (Å²) in [5, 5.41) is 38.5. The number of hydrogen-bond acceptors (Lipinski definition) is 9. The van der Waals surface area contributed by atoms with Crippen LogP contribution in [0.25, 0.3) is 83.3 Å². The highest BCUT2D eigenvalue weighted by Crippen LogP contribution is 2.43. The Hall–Kier alpha value is -8.01. The van der Waals surface area contributed by atoms with Gasteiger partial charge in [-0.2, -0.15) is 15.8 Å². The Kier molecular flexibility index (Phi) is 5.77. The molecule has 0 aliphatic rings. The van der Waals surface area contributed by atoms with Gasteiger partial charge in [0.15, 0.2) is 0 Å². The van der Waals surface area contributed by atoms with Crippen LogP contribution >= 0.6 is 0 Å². The van der Waals surface area contributed by atoms with Crippen molar-refractivity contribution in [2.45, 2.75) is 0 Å². The van der Waals surface area contributed by atoms with Crippen molar-refractivity contribution in [1.29, 1.82) is 15.8 Å². The second-order valence-electron chi connectivity index (χ2n) is 11.8. The van der Waals surface area contributed by atoms with Gasteiger partial charge < -0.3 is 0 Å². The van der Waals surface area contributed by atoms with Gasteiger partial charge in [-0.1, -0.05) is 0 Å². The first-order chi connectivity index (χ1) is 25.2. The number of hydrogen-bond donors (Lipinski definition) is 0. The zero-order valence-corrected chi connectivity index (χ0v) is 26.3. The predicted octanol–water partition coefficient (Wildman–Crippen LogP) is 6.96. The van der Waals surface area contributed by atoms with Crippen molar-refractivity contribution >= 4 is 66.2 Å². The van der Waals surface area contributed by atoms with E-state index in [9.17, 15) is 15.8 Å². The fraction of sp³-hybridized carbons (Fsp3) is 0. The van der Waals surface area contributed by atoms with Gasteiger partial charge in [-0.25, -0.2) is 29.9 Å². The lowest BCUT2D eigenvalue weighted by molar-refractivity contribution is 1.02. The number of aromatic nitrogens is 9. The summed E-state index contributed by atoms with van der Waals surface area (Å²) in [7, 11) is 0. The molecule has 12 nitrogen and oxygen atoms in total. The molecule has 0 aliphatic heterocycles. The van der Waals surface area contributed by atoms with Crippen LogP contribution in [0.3, 0.4) is 0 Å². The van der Waals surface area contributed by atoms with Crippen LogP contribution in [0.15, 0.2) is 110 Å². The van der Waals surface area contributed by atoms with Crippen molar-refractivity contribution in [2.24, 2.45) is 0 Å². The van der Waals surface area contributed by atoms with Gasteiger partial charge in [-0.05, 0) is 72.8 Å². The minimum absolute atomic E-state index is 0.0405. The topological polar surface area (TPSA) is 164 Å². The summed E-state index contributed by atoms with van der Waals surface area (Å²) in [4.78, 5) is 28.5. The molecule has 0 fully saturated rings. The molecule has 0 radical (unpaired) electrons. The quantitative estimate of drug-likeness (QED) is 0.196. The number of nitrogens with zero attached hydrogens (tertiary/aromatic N) is 12. The molecule has 1 aromatic carbocycles. The van der Waals surface area contributed by atoms with Gasteiger partial charge in [0.05, 0.1) is 17.1 Å². The normalized spacial score (nSPS) is 11.5. The van der Waals surface area contributed by atoms with Crippen molar-refractivity contribution in [3.8, 4) is 35.3 Å². The Morgan fingerprint density at radius 2 is 0.529 bits per heavy atom. The van der Waals surface area contributed by atoms with Gasteiger partial charge in [0.2, 0.25) is 0 Å². The molecule has 0 saturated carbocycles. The van der Waals surface area contributed by atoms with Crippen LogP contribution in [0.4, 0.5) is 0 Å². The van der Waals surface area contributed by atoms with Crippen molar-refractivity contribution in [3.05, 3.63) is 127 Å². The van der Waals surface area contributed by atoms with Crippen LogP contribution in [0.5, 0.6) is 0 Å². The number of rotatable bonds is 3. The molecule has 0 unspecified atom stereocenters. The lowest BCUT2D eigenvalue weighted by Crippen LogP contribution is -2.15. The van der Waals surface area contributed by atoms with Gasteiger partial charge in [0, 0.05) is 69.5 Å². The lowest BCUT2D eigenvalue weighted by atomic mass is 9.97. The molecule has 0 amide bonds. The van der Waals surface area contributed by atoms with Crippen LogP contribution in [-0.4, -0.2) is 43.6 Å². The third-order valence-corrected chi connectivity index (χ3v) is 9.29. The van der Waals surface area contributed by atoms with Gasteiger partial charge in [-0.15, -0.1) is 0 Å². The zero-order chi connectivity index (χ0) is 34.2. The van der Waals surface area contributed by atoms with E-state index in [-0.39, 0.29) is 33.8 Å². The van der Waals surface area contributed by atoms with E-state index in [2.05, 4.69) is 18.2 Å². The van der Waals surface area contributed by atoms with Gasteiger partial charge >= 0.3 is 0 Å². The minimum Gasteiger partial charge on any atom is -0.275 e. The first-order valence-electron chi connectivity index (χ1n) is 15.8. The highest BCUT2D eigenvalue weighted by atomic mass is 15.2. The Morgan fingerprint density at radius 1 is 0.333 bits per heavy atom. The Bertz CT molecular complexity index is 2730. The summed E-state index contributed by atoms with van der Waals surface area (Å²) in [6.45, 7) is 0. The van der Waals surface area contributed by atoms with Crippen LogP contribution in [0.1, 0.15) is 16.7 Å². The van der Waals surface area contributed by atoms with E-state index in [1.54, 1.807) is 50.9 Å². The van der Waals surface area contributed by atoms with E-state index in [1.807, 2.05) is 72.8 Å². The van der Waals surface area contributed by atoms with Gasteiger partial charge in [-0.3, -0.25) is 13.7 Å². The molecule has 0 N–H and O–H groups in total. The van der Waals surface area contributed by atoms with E-state index in [1.165, 1.54) is 0 Å². The average Bonchev–Trinajstić information content (AvgIpc) is 3.82. The summed E-state index contributed by atoms with van der Waals surface area (Å²) < 4.78 is 5.21. The molecule has 10 rings (SSSR count). The maximum Gasteiger partial charge on any atom is 0.146 e. The molecule has 0 spiro atoms. The molecular formula is C39H18N12. The molecule has 0 atom stereocenters. The molecule has 0 aliphatic carbocycles. The molecule has 9 heterocycles. The molecule has 51 heavy (non-hydrogen) atoms. The number of fused-ring (bicyclic) bond motifs is 9. The summed E-state index contributed by atoms with van der Waals surface area (Å²) in [5.41, 5.74) is 3.62. The first-order valence-corrected chi connectivity index (χ1v) is 15.8. The summed E-state index contributed by atoms with van der Waals surface area (Å²) in [6, 6.07) is 29.7. The maximum absolute atomic E-state index is 11.3. The molecular weight excluding hydrogens is 637 g/mol. The van der Waals surface area contributed by atoms with Crippen molar-refractivity contribution in [1.82, 2.24) is 43.6 Å². The molecule has 0 saturated heterocycles. The van der Waals surface area contributed by atoms with Crippen molar-refractivity contribution in [2.75, 3.05) is 0 Å². The summed E-state index contributed by atoms with van der Waals surface area (Å²) in [5.74, 6) is 0. The fourth-order valence-electron chi connectivity index (χ4n) is 7.35. The van der Waals surface area contributed by atoms with E-state index >= 15 is 0 Å². The average molecular weight is 655 g/mol. The van der Waals surface area contributed by atoms with E-state index < -0.39 is 0 Å². The van der Waals surface area contributed by atoms with Crippen molar-refractivity contribution < 1.29 is 0 Å². The monoisotopic (exact) mass is 654 g/mol. The number of nitriles is 3. The molecule has 0 bridgehead atoms. The van der Waals surface area contributed by atoms with Gasteiger partial charge in [0.25, 0.3) is 0 Å². The standard InChI is InChI=1S/C39H18N12/c40-19-28-31(49-34-22(7-1-13-43-34)23-8-2-14-44-35(23)49)29(20-41)33(51-38-26(11-5-17-47-38)27-12-6-18-48-39(27)51)30(21-42)32(28)50-36-24(9-3-15-45-36)25-10-4-16-46-37(25)50/h1-18H. The van der Waals surface area contributed by atoms with Crippen LogP contribution in [-0.2, 0) is 0 Å². The van der Waals surface area contributed by atoms with Crippen LogP contribution in [0.2, 0.25) is 0 Å². The molecule has 9 aromatic heterocycles. The highest BCUT2D eigenvalue weighted by Gasteiger charge is 2.33. The van der Waals surface area contributed by atoms with Gasteiger partial charge in [0.1, 0.15) is 68.8 Å². The third kappa shape index (κ3) is 3.63. The second kappa shape index (κ2) is 10.5. The smallest absolute Gasteiger partial charge is 0.146 e. The van der Waals surface area contributed by atoms with Crippen molar-refractivity contribution in [3.63, 3.8) is 0 Å². The van der Waals surface area contributed by atoms with E-state index in [0.717, 1.165) is 32.3 Å². The third-order valence-electron chi connectivity index (χ3n) is 9.29. The Balaban J connectivity index is 1.53. The maximum atomic E-state index is 11.3. The molecule has 10 aromatic rings.